The summed E-state index contributed by atoms with van der Waals surface area (Å²) in [7, 11) is 2.15. The maximum Gasteiger partial charge on any atom is 0.292 e. The molecule has 1 aromatic carbocycles. The number of nitrogens with two attached hydrogens (primary N) is 1. The fourth-order valence-electron chi connectivity index (χ4n) is 3.00. The molecule has 1 atom stereocenters. The minimum absolute atomic E-state index is 0.00693. The molecule has 1 saturated heterocycles. The monoisotopic (exact) mass is 292 g/mol. The average molecular weight is 292 g/mol. The third kappa shape index (κ3) is 3.71. The Morgan fingerprint density at radius 2 is 2.19 bits per heavy atom. The molecule has 1 aliphatic heterocycles. The SMILES string of the molecule is CCC1CN(C)CCCN1Cc1cccc([N+](=O)[O-])c1N. The molecule has 1 heterocycles. The van der Waals surface area contributed by atoms with Gasteiger partial charge in [0.25, 0.3) is 5.69 Å². The molecule has 2 N–H and O–H groups in total. The van der Waals surface area contributed by atoms with Crippen LogP contribution in [0, 0.1) is 10.1 Å². The third-order valence-electron chi connectivity index (χ3n) is 4.24. The fraction of sp³-hybridized carbons (Fsp3) is 0.600. The molecule has 0 saturated carbocycles. The highest BCUT2D eigenvalue weighted by atomic mass is 16.6. The molecule has 6 nitrogen and oxygen atoms in total. The largest absolute Gasteiger partial charge is 0.393 e. The number of likely N-dealkylation sites (N-methyl/N-ethyl adjacent to an activating group) is 1. The van der Waals surface area contributed by atoms with Gasteiger partial charge >= 0.3 is 0 Å². The molecular weight excluding hydrogens is 268 g/mol. The summed E-state index contributed by atoms with van der Waals surface area (Å²) in [6.45, 7) is 6.00. The van der Waals surface area contributed by atoms with Crippen LogP contribution in [0.25, 0.3) is 0 Å². The Morgan fingerprint density at radius 1 is 1.43 bits per heavy atom. The first-order valence-electron chi connectivity index (χ1n) is 7.47. The Labute approximate surface area is 125 Å². The van der Waals surface area contributed by atoms with Crippen molar-refractivity contribution in [2.75, 3.05) is 32.4 Å². The van der Waals surface area contributed by atoms with Crippen LogP contribution >= 0.6 is 0 Å². The molecular formula is C15H24N4O2. The first-order valence-corrected chi connectivity index (χ1v) is 7.47. The van der Waals surface area contributed by atoms with Gasteiger partial charge < -0.3 is 10.6 Å². The summed E-state index contributed by atoms with van der Waals surface area (Å²) >= 11 is 0. The maximum absolute atomic E-state index is 11.0. The molecule has 2 rings (SSSR count). The number of nitrogen functional groups attached to an aromatic ring is 1. The standard InChI is InChI=1S/C15H24N4O2/c1-3-13-11-17(2)8-5-9-18(13)10-12-6-4-7-14(15(12)16)19(20)21/h4,6-7,13H,3,5,8-11,16H2,1-2H3. The molecule has 0 radical (unpaired) electrons. The molecule has 116 valence electrons. The van der Waals surface area contributed by atoms with Crippen LogP contribution in [-0.2, 0) is 6.54 Å². The lowest BCUT2D eigenvalue weighted by Crippen LogP contribution is -2.39. The predicted octanol–water partition coefficient (Wildman–Crippen LogP) is 2.09. The lowest BCUT2D eigenvalue weighted by Gasteiger charge is -2.30. The topological polar surface area (TPSA) is 75.6 Å². The van der Waals surface area contributed by atoms with Gasteiger partial charge in [0, 0.05) is 31.7 Å². The molecule has 0 aromatic heterocycles. The fourth-order valence-corrected chi connectivity index (χ4v) is 3.00. The minimum atomic E-state index is -0.410. The number of nitro groups is 1. The number of nitro benzene ring substituents is 1. The Balaban J connectivity index is 2.20. The normalized spacial score (nSPS) is 21.1. The van der Waals surface area contributed by atoms with E-state index in [9.17, 15) is 10.1 Å². The molecule has 0 bridgehead atoms. The third-order valence-corrected chi connectivity index (χ3v) is 4.24. The van der Waals surface area contributed by atoms with Crippen molar-refractivity contribution < 1.29 is 4.92 Å². The first kappa shape index (κ1) is 15.7. The van der Waals surface area contributed by atoms with Gasteiger partial charge in [0.05, 0.1) is 4.92 Å². The quantitative estimate of drug-likeness (QED) is 0.522. The van der Waals surface area contributed by atoms with Gasteiger partial charge in [-0.1, -0.05) is 19.1 Å². The van der Waals surface area contributed by atoms with Gasteiger partial charge in [-0.15, -0.1) is 0 Å². The molecule has 1 aliphatic rings. The number of para-hydroxylation sites is 1. The highest BCUT2D eigenvalue weighted by Crippen LogP contribution is 2.27. The summed E-state index contributed by atoms with van der Waals surface area (Å²) in [5.41, 5.74) is 7.14. The zero-order valence-electron chi connectivity index (χ0n) is 12.8. The Hall–Kier alpha value is -1.66. The van der Waals surface area contributed by atoms with E-state index in [0.717, 1.165) is 38.0 Å². The van der Waals surface area contributed by atoms with Crippen molar-refractivity contribution >= 4 is 11.4 Å². The molecule has 6 heteroatoms. The predicted molar refractivity (Wildman–Crippen MR) is 84.1 cm³/mol. The van der Waals surface area contributed by atoms with E-state index in [0.29, 0.717) is 18.3 Å². The van der Waals surface area contributed by atoms with Crippen LogP contribution in [0.15, 0.2) is 18.2 Å². The van der Waals surface area contributed by atoms with Crippen molar-refractivity contribution in [1.82, 2.24) is 9.80 Å². The van der Waals surface area contributed by atoms with Crippen LogP contribution in [-0.4, -0.2) is 47.4 Å². The summed E-state index contributed by atoms with van der Waals surface area (Å²) in [4.78, 5) is 15.3. The summed E-state index contributed by atoms with van der Waals surface area (Å²) < 4.78 is 0. The number of hydrogen-bond donors (Lipinski definition) is 1. The van der Waals surface area contributed by atoms with E-state index in [1.54, 1.807) is 6.07 Å². The van der Waals surface area contributed by atoms with E-state index < -0.39 is 4.92 Å². The highest BCUT2D eigenvalue weighted by molar-refractivity contribution is 5.62. The second kappa shape index (κ2) is 6.87. The Morgan fingerprint density at radius 3 is 2.86 bits per heavy atom. The van der Waals surface area contributed by atoms with Crippen LogP contribution in [0.4, 0.5) is 11.4 Å². The van der Waals surface area contributed by atoms with Crippen LogP contribution in [0.5, 0.6) is 0 Å². The molecule has 0 aliphatic carbocycles. The molecule has 1 fully saturated rings. The van der Waals surface area contributed by atoms with Gasteiger partial charge in [-0.3, -0.25) is 15.0 Å². The molecule has 1 unspecified atom stereocenters. The first-order chi connectivity index (χ1) is 10.0. The molecule has 21 heavy (non-hydrogen) atoms. The van der Waals surface area contributed by atoms with Crippen molar-refractivity contribution in [3.05, 3.63) is 33.9 Å². The van der Waals surface area contributed by atoms with Gasteiger partial charge in [-0.2, -0.15) is 0 Å². The zero-order valence-corrected chi connectivity index (χ0v) is 12.8. The van der Waals surface area contributed by atoms with Gasteiger partial charge in [0.15, 0.2) is 0 Å². The van der Waals surface area contributed by atoms with E-state index in [1.807, 2.05) is 6.07 Å². The van der Waals surface area contributed by atoms with E-state index in [1.165, 1.54) is 6.07 Å². The Kier molecular flexibility index (Phi) is 5.14. The highest BCUT2D eigenvalue weighted by Gasteiger charge is 2.24. The number of anilines is 1. The van der Waals surface area contributed by atoms with Crippen molar-refractivity contribution in [3.8, 4) is 0 Å². The van der Waals surface area contributed by atoms with Crippen LogP contribution in [0.3, 0.4) is 0 Å². The smallest absolute Gasteiger partial charge is 0.292 e. The molecule has 1 aromatic rings. The summed E-state index contributed by atoms with van der Waals surface area (Å²) in [6.07, 6.45) is 2.18. The van der Waals surface area contributed by atoms with Crippen molar-refractivity contribution in [3.63, 3.8) is 0 Å². The van der Waals surface area contributed by atoms with Crippen molar-refractivity contribution in [1.29, 1.82) is 0 Å². The summed E-state index contributed by atoms with van der Waals surface area (Å²) in [5, 5.41) is 11.0. The number of hydrogen-bond acceptors (Lipinski definition) is 5. The zero-order chi connectivity index (χ0) is 15.4. The average Bonchev–Trinajstić information content (AvgIpc) is 2.62. The second-order valence-electron chi connectivity index (χ2n) is 5.76. The van der Waals surface area contributed by atoms with Gasteiger partial charge in [0.1, 0.15) is 5.69 Å². The Bertz CT molecular complexity index is 506. The van der Waals surface area contributed by atoms with Gasteiger partial charge in [-0.05, 0) is 32.0 Å². The number of benzene rings is 1. The molecule has 0 amide bonds. The molecule has 0 spiro atoms. The van der Waals surface area contributed by atoms with Crippen molar-refractivity contribution in [2.24, 2.45) is 0 Å². The van der Waals surface area contributed by atoms with Gasteiger partial charge in [-0.25, -0.2) is 0 Å². The van der Waals surface area contributed by atoms with E-state index in [-0.39, 0.29) is 5.69 Å². The second-order valence-corrected chi connectivity index (χ2v) is 5.76. The minimum Gasteiger partial charge on any atom is -0.393 e. The number of nitrogens with zero attached hydrogens (tertiary/aromatic N) is 3. The van der Waals surface area contributed by atoms with E-state index in [4.69, 9.17) is 5.73 Å². The van der Waals surface area contributed by atoms with E-state index in [2.05, 4.69) is 23.8 Å². The van der Waals surface area contributed by atoms with Crippen LogP contribution in [0.1, 0.15) is 25.3 Å². The number of rotatable bonds is 4. The van der Waals surface area contributed by atoms with E-state index >= 15 is 0 Å². The lowest BCUT2D eigenvalue weighted by atomic mass is 10.1. The summed E-state index contributed by atoms with van der Waals surface area (Å²) in [5.74, 6) is 0. The van der Waals surface area contributed by atoms with Crippen LogP contribution in [0.2, 0.25) is 0 Å². The van der Waals surface area contributed by atoms with Crippen LogP contribution < -0.4 is 5.73 Å². The maximum atomic E-state index is 11.0. The lowest BCUT2D eigenvalue weighted by molar-refractivity contribution is -0.384. The van der Waals surface area contributed by atoms with Gasteiger partial charge in [0.2, 0.25) is 0 Å². The van der Waals surface area contributed by atoms with Crippen molar-refractivity contribution in [2.45, 2.75) is 32.4 Å². The summed E-state index contributed by atoms with van der Waals surface area (Å²) in [6, 6.07) is 5.54.